The molecule has 1 amide bonds. The van der Waals surface area contributed by atoms with Gasteiger partial charge >= 0.3 is 6.09 Å². The number of carbonyl (C=O) groups is 1. The van der Waals surface area contributed by atoms with E-state index in [-0.39, 0.29) is 17.5 Å². The summed E-state index contributed by atoms with van der Waals surface area (Å²) in [5.41, 5.74) is 0.952. The molecule has 2 N–H and O–H groups in total. The molecule has 0 saturated carbocycles. The van der Waals surface area contributed by atoms with E-state index < -0.39 is 5.60 Å². The molecular formula is C13H21N3O3S. The van der Waals surface area contributed by atoms with Crippen molar-refractivity contribution in [1.29, 1.82) is 0 Å². The molecule has 0 radical (unpaired) electrons. The van der Waals surface area contributed by atoms with E-state index in [2.05, 4.69) is 10.3 Å². The molecular weight excluding hydrogens is 278 g/mol. The number of ether oxygens (including phenoxy) is 1. The first-order chi connectivity index (χ1) is 9.30. The maximum atomic E-state index is 12.1. The molecule has 0 fully saturated rings. The van der Waals surface area contributed by atoms with Crippen LogP contribution in [0.5, 0.6) is 0 Å². The summed E-state index contributed by atoms with van der Waals surface area (Å²) in [4.78, 5) is 17.9. The third kappa shape index (κ3) is 3.39. The number of aliphatic imine (C=N–C) groups is 1. The molecule has 0 spiro atoms. The number of nitrogens with zero attached hydrogens (tertiary/aromatic N) is 2. The summed E-state index contributed by atoms with van der Waals surface area (Å²) in [5, 5.41) is 13.2. The number of thioether (sulfide) groups is 1. The van der Waals surface area contributed by atoms with Crippen LogP contribution >= 0.6 is 11.8 Å². The van der Waals surface area contributed by atoms with E-state index in [0.717, 1.165) is 11.3 Å². The van der Waals surface area contributed by atoms with Crippen molar-refractivity contribution >= 4 is 23.8 Å². The molecule has 7 heteroatoms. The highest BCUT2D eigenvalue weighted by molar-refractivity contribution is 7.99. The SMILES string of the molecule is CSC1N=C(O)C2=C(CN(C(=O)OC(C)(C)C)CC2)N1. The van der Waals surface area contributed by atoms with Gasteiger partial charge in [0.05, 0.1) is 6.54 Å². The van der Waals surface area contributed by atoms with Gasteiger partial charge in [0, 0.05) is 17.8 Å². The number of amides is 1. The Morgan fingerprint density at radius 2 is 2.25 bits per heavy atom. The van der Waals surface area contributed by atoms with Crippen molar-refractivity contribution in [2.75, 3.05) is 19.3 Å². The maximum Gasteiger partial charge on any atom is 0.410 e. The largest absolute Gasteiger partial charge is 0.493 e. The number of rotatable bonds is 1. The van der Waals surface area contributed by atoms with Gasteiger partial charge in [-0.15, -0.1) is 11.8 Å². The number of nitrogens with one attached hydrogen (secondary N) is 1. The monoisotopic (exact) mass is 299 g/mol. The molecule has 0 saturated heterocycles. The molecule has 20 heavy (non-hydrogen) atoms. The van der Waals surface area contributed by atoms with Crippen LogP contribution in [0.15, 0.2) is 16.3 Å². The second-order valence-corrected chi connectivity index (χ2v) is 6.71. The molecule has 2 heterocycles. The lowest BCUT2D eigenvalue weighted by Gasteiger charge is -2.35. The van der Waals surface area contributed by atoms with E-state index in [0.29, 0.717) is 19.5 Å². The topological polar surface area (TPSA) is 74.2 Å². The number of hydrogen-bond donors (Lipinski definition) is 2. The average Bonchev–Trinajstić information content (AvgIpc) is 2.35. The van der Waals surface area contributed by atoms with Gasteiger partial charge in [0.1, 0.15) is 5.60 Å². The predicted octanol–water partition coefficient (Wildman–Crippen LogP) is 2.09. The van der Waals surface area contributed by atoms with Gasteiger partial charge in [-0.1, -0.05) is 0 Å². The van der Waals surface area contributed by atoms with Crippen LogP contribution in [0.25, 0.3) is 0 Å². The Labute approximate surface area is 123 Å². The first kappa shape index (κ1) is 15.0. The van der Waals surface area contributed by atoms with Gasteiger partial charge in [0.25, 0.3) is 0 Å². The van der Waals surface area contributed by atoms with Gasteiger partial charge < -0.3 is 20.1 Å². The molecule has 0 aromatic heterocycles. The molecule has 1 atom stereocenters. The first-order valence-corrected chi connectivity index (χ1v) is 7.85. The molecule has 6 nitrogen and oxygen atoms in total. The summed E-state index contributed by atoms with van der Waals surface area (Å²) in [6, 6.07) is 0. The van der Waals surface area contributed by atoms with E-state index in [1.165, 1.54) is 11.8 Å². The van der Waals surface area contributed by atoms with Crippen LogP contribution in [0.2, 0.25) is 0 Å². The Morgan fingerprint density at radius 1 is 1.55 bits per heavy atom. The van der Waals surface area contributed by atoms with E-state index in [1.54, 1.807) is 4.90 Å². The van der Waals surface area contributed by atoms with Crippen LogP contribution in [-0.2, 0) is 4.74 Å². The second kappa shape index (κ2) is 5.55. The quantitative estimate of drug-likeness (QED) is 0.775. The molecule has 2 rings (SSSR count). The van der Waals surface area contributed by atoms with Crippen molar-refractivity contribution in [2.24, 2.45) is 4.99 Å². The normalized spacial score (nSPS) is 22.9. The molecule has 0 aromatic rings. The zero-order chi connectivity index (χ0) is 14.9. The zero-order valence-electron chi connectivity index (χ0n) is 12.3. The lowest BCUT2D eigenvalue weighted by molar-refractivity contribution is 0.0256. The van der Waals surface area contributed by atoms with Crippen LogP contribution in [-0.4, -0.2) is 52.4 Å². The van der Waals surface area contributed by atoms with Crippen LogP contribution in [0.3, 0.4) is 0 Å². The summed E-state index contributed by atoms with van der Waals surface area (Å²) in [6.45, 7) is 6.49. The fourth-order valence-electron chi connectivity index (χ4n) is 2.11. The highest BCUT2D eigenvalue weighted by atomic mass is 32.2. The number of aliphatic hydroxyl groups excluding tert-OH is 1. The number of aliphatic hydroxyl groups is 1. The Bertz CT molecular complexity index is 468. The smallest absolute Gasteiger partial charge is 0.410 e. The summed E-state index contributed by atoms with van der Waals surface area (Å²) in [5.74, 6) is 0.0851. The standard InChI is InChI=1S/C13H21N3O3S/c1-13(2,3)19-12(18)16-6-5-8-9(7-16)14-11(20-4)15-10(8)17/h11,14H,5-7H2,1-4H3,(H,15,17). The second-order valence-electron chi connectivity index (χ2n) is 5.79. The fraction of sp³-hybridized carbons (Fsp3) is 0.692. The molecule has 0 bridgehead atoms. The van der Waals surface area contributed by atoms with Crippen molar-refractivity contribution in [2.45, 2.75) is 38.3 Å². The average molecular weight is 299 g/mol. The van der Waals surface area contributed by atoms with Gasteiger partial charge in [-0.25, -0.2) is 9.79 Å². The predicted molar refractivity (Wildman–Crippen MR) is 80.0 cm³/mol. The summed E-state index contributed by atoms with van der Waals surface area (Å²) in [6.07, 6.45) is 2.17. The Morgan fingerprint density at radius 3 is 2.85 bits per heavy atom. The minimum Gasteiger partial charge on any atom is -0.493 e. The van der Waals surface area contributed by atoms with E-state index in [4.69, 9.17) is 4.74 Å². The zero-order valence-corrected chi connectivity index (χ0v) is 13.1. The van der Waals surface area contributed by atoms with Gasteiger partial charge in [-0.3, -0.25) is 0 Å². The van der Waals surface area contributed by atoms with E-state index in [9.17, 15) is 9.90 Å². The van der Waals surface area contributed by atoms with Crippen LogP contribution < -0.4 is 5.32 Å². The summed E-state index contributed by atoms with van der Waals surface area (Å²) < 4.78 is 5.38. The Hall–Kier alpha value is -1.37. The minimum atomic E-state index is -0.503. The summed E-state index contributed by atoms with van der Waals surface area (Å²) >= 11 is 1.50. The van der Waals surface area contributed by atoms with Crippen molar-refractivity contribution in [1.82, 2.24) is 10.2 Å². The first-order valence-electron chi connectivity index (χ1n) is 6.56. The third-order valence-electron chi connectivity index (χ3n) is 3.03. The lowest BCUT2D eigenvalue weighted by Crippen LogP contribution is -2.46. The minimum absolute atomic E-state index is 0.0851. The lowest BCUT2D eigenvalue weighted by atomic mass is 10.0. The van der Waals surface area contributed by atoms with Crippen molar-refractivity contribution in [3.8, 4) is 0 Å². The van der Waals surface area contributed by atoms with E-state index in [1.807, 2.05) is 27.0 Å². The molecule has 0 aliphatic carbocycles. The van der Waals surface area contributed by atoms with E-state index >= 15 is 0 Å². The van der Waals surface area contributed by atoms with Gasteiger partial charge in [-0.2, -0.15) is 0 Å². The molecule has 112 valence electrons. The van der Waals surface area contributed by atoms with Crippen LogP contribution in [0.1, 0.15) is 27.2 Å². The van der Waals surface area contributed by atoms with Gasteiger partial charge in [-0.05, 0) is 33.4 Å². The van der Waals surface area contributed by atoms with Gasteiger partial charge in [0.15, 0.2) is 5.50 Å². The maximum absolute atomic E-state index is 12.1. The van der Waals surface area contributed by atoms with Gasteiger partial charge in [0.2, 0.25) is 5.90 Å². The fourth-order valence-corrected chi connectivity index (χ4v) is 2.57. The van der Waals surface area contributed by atoms with Crippen molar-refractivity contribution in [3.05, 3.63) is 11.3 Å². The number of hydrogen-bond acceptors (Lipinski definition) is 5. The highest BCUT2D eigenvalue weighted by Gasteiger charge is 2.31. The molecule has 2 aliphatic rings. The summed E-state index contributed by atoms with van der Waals surface area (Å²) in [7, 11) is 0. The number of carbonyl (C=O) groups excluding carboxylic acids is 1. The highest BCUT2D eigenvalue weighted by Crippen LogP contribution is 2.25. The van der Waals surface area contributed by atoms with Crippen molar-refractivity contribution < 1.29 is 14.6 Å². The Balaban J connectivity index is 2.08. The van der Waals surface area contributed by atoms with Crippen LogP contribution in [0.4, 0.5) is 4.79 Å². The molecule has 2 aliphatic heterocycles. The van der Waals surface area contributed by atoms with Crippen LogP contribution in [0, 0.1) is 0 Å². The molecule has 0 aromatic carbocycles. The van der Waals surface area contributed by atoms with Crippen molar-refractivity contribution in [3.63, 3.8) is 0 Å². The molecule has 1 unspecified atom stereocenters. The Kier molecular flexibility index (Phi) is 4.17. The third-order valence-corrected chi connectivity index (χ3v) is 3.70.